The molecule has 5 nitrogen and oxygen atoms in total. The van der Waals surface area contributed by atoms with Crippen LogP contribution in [0.3, 0.4) is 0 Å². The van der Waals surface area contributed by atoms with Crippen molar-refractivity contribution in [3.8, 4) is 5.75 Å². The molecule has 4 aromatic rings. The molecule has 1 unspecified atom stereocenters. The minimum Gasteiger partial charge on any atom is -0.493 e. The minimum absolute atomic E-state index is 0.0757. The molecule has 1 aliphatic rings. The van der Waals surface area contributed by atoms with Gasteiger partial charge in [-0.05, 0) is 78.4 Å². The number of aliphatic hydroxyl groups excluding tert-OH is 1. The molecule has 5 rings (SSSR count). The van der Waals surface area contributed by atoms with Gasteiger partial charge in [0.05, 0.1) is 25.7 Å². The fourth-order valence-electron chi connectivity index (χ4n) is 5.46. The van der Waals surface area contributed by atoms with Gasteiger partial charge in [0.2, 0.25) is 5.91 Å². The van der Waals surface area contributed by atoms with Crippen molar-refractivity contribution >= 4 is 44.3 Å². The van der Waals surface area contributed by atoms with Gasteiger partial charge < -0.3 is 19.7 Å². The Bertz CT molecular complexity index is 1440. The van der Waals surface area contributed by atoms with E-state index in [1.54, 1.807) is 0 Å². The van der Waals surface area contributed by atoms with E-state index < -0.39 is 0 Å². The third kappa shape index (κ3) is 5.74. The van der Waals surface area contributed by atoms with E-state index in [0.717, 1.165) is 51.8 Å². The van der Waals surface area contributed by atoms with E-state index in [1.807, 2.05) is 47.4 Å². The normalized spacial score (nSPS) is 15.4. The highest BCUT2D eigenvalue weighted by Gasteiger charge is 2.34. The SMILES string of the molecule is CCC(CC)(CO)COc1ccc(C2c3[nH]c4ccc(Br)cc4c3CCN2C(=O)Cc2ccc(Cl)cc2)cc1. The molecule has 0 fully saturated rings. The van der Waals surface area contributed by atoms with Crippen LogP contribution in [0.5, 0.6) is 5.75 Å². The average Bonchev–Trinajstić information content (AvgIpc) is 3.33. The topological polar surface area (TPSA) is 65.6 Å². The summed E-state index contributed by atoms with van der Waals surface area (Å²) in [6, 6.07) is 21.6. The number of nitrogens with one attached hydrogen (secondary N) is 1. The zero-order valence-electron chi connectivity index (χ0n) is 22.3. The monoisotopic (exact) mass is 608 g/mol. The van der Waals surface area contributed by atoms with E-state index in [1.165, 1.54) is 10.9 Å². The van der Waals surface area contributed by atoms with Gasteiger partial charge in [0, 0.05) is 38.1 Å². The summed E-state index contributed by atoms with van der Waals surface area (Å²) in [5.41, 5.74) is 5.12. The van der Waals surface area contributed by atoms with Crippen LogP contribution in [0, 0.1) is 5.41 Å². The maximum atomic E-state index is 13.7. The van der Waals surface area contributed by atoms with Gasteiger partial charge in [-0.15, -0.1) is 0 Å². The number of H-pyrrole nitrogens is 1. The number of nitrogens with zero attached hydrogens (tertiary/aromatic N) is 1. The number of aliphatic hydroxyl groups is 1. The molecule has 0 saturated carbocycles. The van der Waals surface area contributed by atoms with E-state index in [2.05, 4.69) is 59.0 Å². The Hall–Kier alpha value is -2.80. The summed E-state index contributed by atoms with van der Waals surface area (Å²) in [6.07, 6.45) is 2.80. The zero-order valence-corrected chi connectivity index (χ0v) is 24.7. The number of halogens is 2. The summed E-state index contributed by atoms with van der Waals surface area (Å²) in [4.78, 5) is 19.3. The maximum absolute atomic E-state index is 13.7. The van der Waals surface area contributed by atoms with Gasteiger partial charge in [0.15, 0.2) is 0 Å². The van der Waals surface area contributed by atoms with Crippen molar-refractivity contribution in [2.75, 3.05) is 19.8 Å². The van der Waals surface area contributed by atoms with Gasteiger partial charge in [0.25, 0.3) is 0 Å². The fraction of sp³-hybridized carbons (Fsp3) is 0.344. The lowest BCUT2D eigenvalue weighted by Gasteiger charge is -2.36. The van der Waals surface area contributed by atoms with Crippen LogP contribution in [0.15, 0.2) is 71.2 Å². The number of hydrogen-bond acceptors (Lipinski definition) is 3. The van der Waals surface area contributed by atoms with Crippen molar-refractivity contribution < 1.29 is 14.6 Å². The first-order valence-corrected chi connectivity index (χ1v) is 14.7. The highest BCUT2D eigenvalue weighted by molar-refractivity contribution is 9.10. The summed E-state index contributed by atoms with van der Waals surface area (Å²) in [5, 5.41) is 11.8. The molecule has 0 spiro atoms. The number of ether oxygens (including phenoxy) is 1. The molecule has 0 radical (unpaired) electrons. The van der Waals surface area contributed by atoms with Crippen LogP contribution in [-0.4, -0.2) is 40.7 Å². The molecule has 7 heteroatoms. The first-order valence-electron chi connectivity index (χ1n) is 13.5. The molecule has 2 heterocycles. The number of aromatic amines is 1. The summed E-state index contributed by atoms with van der Waals surface area (Å²) >= 11 is 9.68. The van der Waals surface area contributed by atoms with E-state index >= 15 is 0 Å². The molecule has 39 heavy (non-hydrogen) atoms. The van der Waals surface area contributed by atoms with Crippen molar-refractivity contribution in [3.63, 3.8) is 0 Å². The fourth-order valence-corrected chi connectivity index (χ4v) is 5.95. The van der Waals surface area contributed by atoms with E-state index in [-0.39, 0.29) is 24.0 Å². The molecule has 0 saturated heterocycles. The van der Waals surface area contributed by atoms with Crippen LogP contribution in [0.4, 0.5) is 0 Å². The molecular weight excluding hydrogens is 576 g/mol. The van der Waals surface area contributed by atoms with Crippen LogP contribution in [0.1, 0.15) is 55.1 Å². The van der Waals surface area contributed by atoms with E-state index in [9.17, 15) is 9.90 Å². The second-order valence-corrected chi connectivity index (χ2v) is 11.8. The van der Waals surface area contributed by atoms with Crippen LogP contribution in [0.2, 0.25) is 5.02 Å². The molecule has 1 amide bonds. The summed E-state index contributed by atoms with van der Waals surface area (Å²) < 4.78 is 7.15. The second kappa shape index (κ2) is 11.7. The number of hydrogen-bond donors (Lipinski definition) is 2. The van der Waals surface area contributed by atoms with Crippen LogP contribution in [0.25, 0.3) is 10.9 Å². The van der Waals surface area contributed by atoms with Crippen molar-refractivity contribution in [1.82, 2.24) is 9.88 Å². The molecule has 1 aliphatic heterocycles. The smallest absolute Gasteiger partial charge is 0.227 e. The Balaban J connectivity index is 1.47. The molecule has 1 atom stereocenters. The predicted molar refractivity (Wildman–Crippen MR) is 160 cm³/mol. The molecule has 1 aromatic heterocycles. The standard InChI is InChI=1S/C32H34BrClN2O3/c1-3-32(4-2,19-37)20-39-25-12-7-22(8-13-25)31-30-26(27-18-23(33)9-14-28(27)35-30)15-16-36(31)29(38)17-21-5-10-24(34)11-6-21/h5-14,18,31,35,37H,3-4,15-17,19-20H2,1-2H3. The highest BCUT2D eigenvalue weighted by Crippen LogP contribution is 2.40. The number of amides is 1. The van der Waals surface area contributed by atoms with Gasteiger partial charge in [0.1, 0.15) is 5.75 Å². The lowest BCUT2D eigenvalue weighted by Crippen LogP contribution is -2.41. The molecular formula is C32H34BrClN2O3. The number of rotatable bonds is 9. The lowest BCUT2D eigenvalue weighted by atomic mass is 9.84. The molecule has 0 aliphatic carbocycles. The first kappa shape index (κ1) is 27.8. The summed E-state index contributed by atoms with van der Waals surface area (Å²) in [6.45, 7) is 5.37. The third-order valence-corrected chi connectivity index (χ3v) is 9.00. The van der Waals surface area contributed by atoms with Crippen LogP contribution in [-0.2, 0) is 17.6 Å². The van der Waals surface area contributed by atoms with Gasteiger partial charge in [-0.2, -0.15) is 0 Å². The van der Waals surface area contributed by atoms with Crippen molar-refractivity contribution in [1.29, 1.82) is 0 Å². The Kier molecular flexibility index (Phi) is 8.36. The minimum atomic E-state index is -0.239. The first-order chi connectivity index (χ1) is 18.9. The van der Waals surface area contributed by atoms with Gasteiger partial charge in [-0.3, -0.25) is 4.79 Å². The van der Waals surface area contributed by atoms with Gasteiger partial charge in [-0.25, -0.2) is 0 Å². The number of benzene rings is 3. The number of aromatic nitrogens is 1. The Labute approximate surface area is 243 Å². The van der Waals surface area contributed by atoms with E-state index in [4.69, 9.17) is 16.3 Å². The largest absolute Gasteiger partial charge is 0.493 e. The van der Waals surface area contributed by atoms with Crippen molar-refractivity contribution in [2.45, 2.75) is 45.6 Å². The molecule has 3 aromatic carbocycles. The molecule has 204 valence electrons. The van der Waals surface area contributed by atoms with Crippen LogP contribution >= 0.6 is 27.5 Å². The Morgan fingerprint density at radius 3 is 2.49 bits per heavy atom. The van der Waals surface area contributed by atoms with Crippen molar-refractivity contribution in [3.05, 3.63) is 98.6 Å². The van der Waals surface area contributed by atoms with Crippen LogP contribution < -0.4 is 4.74 Å². The predicted octanol–water partition coefficient (Wildman–Crippen LogP) is 7.48. The number of carbonyl (C=O) groups is 1. The Morgan fingerprint density at radius 2 is 1.82 bits per heavy atom. The maximum Gasteiger partial charge on any atom is 0.227 e. The summed E-state index contributed by atoms with van der Waals surface area (Å²) in [5.74, 6) is 0.834. The molecule has 2 N–H and O–H groups in total. The summed E-state index contributed by atoms with van der Waals surface area (Å²) in [7, 11) is 0. The second-order valence-electron chi connectivity index (χ2n) is 10.5. The highest BCUT2D eigenvalue weighted by atomic mass is 79.9. The average molecular weight is 610 g/mol. The quantitative estimate of drug-likeness (QED) is 0.207. The third-order valence-electron chi connectivity index (χ3n) is 8.25. The Morgan fingerprint density at radius 1 is 1.10 bits per heavy atom. The van der Waals surface area contributed by atoms with Gasteiger partial charge in [-0.1, -0.05) is 65.6 Å². The lowest BCUT2D eigenvalue weighted by molar-refractivity contribution is -0.132. The number of carbonyl (C=O) groups excluding carboxylic acids is 1. The van der Waals surface area contributed by atoms with Gasteiger partial charge >= 0.3 is 0 Å². The van der Waals surface area contributed by atoms with E-state index in [0.29, 0.717) is 24.6 Å². The number of fused-ring (bicyclic) bond motifs is 3. The zero-order chi connectivity index (χ0) is 27.6. The molecule has 0 bridgehead atoms. The van der Waals surface area contributed by atoms with Crippen molar-refractivity contribution in [2.24, 2.45) is 5.41 Å².